The van der Waals surface area contributed by atoms with Crippen LogP contribution in [0.5, 0.6) is 0 Å². The third-order valence-electron chi connectivity index (χ3n) is 2.36. The van der Waals surface area contributed by atoms with E-state index in [1.807, 2.05) is 30.3 Å². The first-order valence-corrected chi connectivity index (χ1v) is 7.28. The molecule has 0 bridgehead atoms. The summed E-state index contributed by atoms with van der Waals surface area (Å²) in [6.07, 6.45) is -0.394. The number of nitrogens with one attached hydrogen (secondary N) is 1. The van der Waals surface area contributed by atoms with Crippen LogP contribution >= 0.6 is 22.6 Å². The third kappa shape index (κ3) is 6.42. The smallest absolute Gasteiger partial charge is 0.407 e. The standard InChI is InChI=1S/C13H16INO4/c1-18-12(16)7-11(8-14)15-13(17)19-9-10-5-3-2-4-6-10/h2-6,11H,7-9H2,1H3,(H,15,17)/t11-/m0/s1. The van der Waals surface area contributed by atoms with Crippen molar-refractivity contribution in [2.24, 2.45) is 0 Å². The van der Waals surface area contributed by atoms with E-state index in [0.717, 1.165) is 5.56 Å². The molecule has 19 heavy (non-hydrogen) atoms. The minimum absolute atomic E-state index is 0.139. The molecule has 0 fully saturated rings. The summed E-state index contributed by atoms with van der Waals surface area (Å²) in [6, 6.07) is 9.11. The maximum Gasteiger partial charge on any atom is 0.407 e. The molecule has 104 valence electrons. The molecule has 5 nitrogen and oxygen atoms in total. The zero-order chi connectivity index (χ0) is 14.1. The van der Waals surface area contributed by atoms with Gasteiger partial charge in [0.25, 0.3) is 0 Å². The predicted molar refractivity (Wildman–Crippen MR) is 79.1 cm³/mol. The number of carbonyl (C=O) groups is 2. The van der Waals surface area contributed by atoms with E-state index >= 15 is 0 Å². The van der Waals surface area contributed by atoms with Gasteiger partial charge in [0.05, 0.1) is 19.6 Å². The quantitative estimate of drug-likeness (QED) is 0.470. The van der Waals surface area contributed by atoms with Crippen molar-refractivity contribution in [2.45, 2.75) is 19.1 Å². The normalized spacial score (nSPS) is 11.5. The second-order valence-electron chi connectivity index (χ2n) is 3.84. The van der Waals surface area contributed by atoms with Crippen LogP contribution in [0, 0.1) is 0 Å². The highest BCUT2D eigenvalue weighted by atomic mass is 127. The van der Waals surface area contributed by atoms with Gasteiger partial charge in [-0.25, -0.2) is 4.79 Å². The van der Waals surface area contributed by atoms with Crippen LogP contribution in [0.1, 0.15) is 12.0 Å². The van der Waals surface area contributed by atoms with E-state index in [4.69, 9.17) is 4.74 Å². The first-order chi connectivity index (χ1) is 9.15. The summed E-state index contributed by atoms with van der Waals surface area (Å²) in [4.78, 5) is 22.7. The summed E-state index contributed by atoms with van der Waals surface area (Å²) < 4.78 is 10.2. The Labute approximate surface area is 125 Å². The first kappa shape index (κ1) is 15.7. The minimum atomic E-state index is -0.533. The molecular weight excluding hydrogens is 361 g/mol. The minimum Gasteiger partial charge on any atom is -0.469 e. The Morgan fingerprint density at radius 2 is 2.00 bits per heavy atom. The molecule has 1 aromatic carbocycles. The molecule has 6 heteroatoms. The number of alkyl halides is 1. The van der Waals surface area contributed by atoms with Crippen molar-refractivity contribution in [1.29, 1.82) is 0 Å². The molecule has 0 aliphatic heterocycles. The fraction of sp³-hybridized carbons (Fsp3) is 0.385. The van der Waals surface area contributed by atoms with Crippen molar-refractivity contribution in [3.8, 4) is 0 Å². The SMILES string of the molecule is COC(=O)C[C@@H](CI)NC(=O)OCc1ccccc1. The zero-order valence-electron chi connectivity index (χ0n) is 10.6. The molecule has 0 saturated heterocycles. The Morgan fingerprint density at radius 1 is 1.32 bits per heavy atom. The maximum atomic E-state index is 11.6. The molecule has 1 aromatic rings. The molecule has 0 spiro atoms. The third-order valence-corrected chi connectivity index (χ3v) is 3.42. The number of hydrogen-bond acceptors (Lipinski definition) is 4. The highest BCUT2D eigenvalue weighted by Gasteiger charge is 2.16. The fourth-order valence-corrected chi connectivity index (χ4v) is 1.89. The predicted octanol–water partition coefficient (Wildman–Crippen LogP) is 2.28. The highest BCUT2D eigenvalue weighted by Crippen LogP contribution is 2.03. The van der Waals surface area contributed by atoms with E-state index in [1.54, 1.807) is 0 Å². The van der Waals surface area contributed by atoms with Gasteiger partial charge in [0.15, 0.2) is 0 Å². The first-order valence-electron chi connectivity index (χ1n) is 5.75. The topological polar surface area (TPSA) is 64.6 Å². The molecule has 0 heterocycles. The van der Waals surface area contributed by atoms with Crippen molar-refractivity contribution in [1.82, 2.24) is 5.32 Å². The number of hydrogen-bond donors (Lipinski definition) is 1. The number of benzene rings is 1. The number of halogens is 1. The number of rotatable bonds is 6. The Balaban J connectivity index is 2.35. The van der Waals surface area contributed by atoms with Gasteiger partial charge >= 0.3 is 12.1 Å². The van der Waals surface area contributed by atoms with E-state index in [0.29, 0.717) is 4.43 Å². The Kier molecular flexibility index (Phi) is 7.24. The molecule has 1 rings (SSSR count). The molecule has 1 amide bonds. The lowest BCUT2D eigenvalue weighted by Crippen LogP contribution is -2.38. The van der Waals surface area contributed by atoms with Crippen LogP contribution in [0.15, 0.2) is 30.3 Å². The summed E-state index contributed by atoms with van der Waals surface area (Å²) in [5, 5.41) is 2.63. The number of methoxy groups -OCH3 is 1. The van der Waals surface area contributed by atoms with Gasteiger partial charge in [0.2, 0.25) is 0 Å². The van der Waals surface area contributed by atoms with Crippen LogP contribution in [0.25, 0.3) is 0 Å². The molecule has 0 radical (unpaired) electrons. The van der Waals surface area contributed by atoms with E-state index in [1.165, 1.54) is 7.11 Å². The van der Waals surface area contributed by atoms with Gasteiger partial charge in [-0.05, 0) is 5.56 Å². The average molecular weight is 377 g/mol. The second kappa shape index (κ2) is 8.73. The van der Waals surface area contributed by atoms with Crippen molar-refractivity contribution in [3.05, 3.63) is 35.9 Å². The van der Waals surface area contributed by atoms with Gasteiger partial charge in [-0.1, -0.05) is 52.9 Å². The summed E-state index contributed by atoms with van der Waals surface area (Å²) in [5.74, 6) is -0.356. The Hall–Kier alpha value is -1.31. The summed E-state index contributed by atoms with van der Waals surface area (Å²) in [5.41, 5.74) is 0.914. The summed E-state index contributed by atoms with van der Waals surface area (Å²) in [7, 11) is 1.32. The van der Waals surface area contributed by atoms with Gasteiger partial charge in [-0.3, -0.25) is 4.79 Å². The Bertz CT molecular complexity index is 410. The lowest BCUT2D eigenvalue weighted by atomic mass is 10.2. The van der Waals surface area contributed by atoms with E-state index in [9.17, 15) is 9.59 Å². The highest BCUT2D eigenvalue weighted by molar-refractivity contribution is 14.1. The molecule has 1 atom stereocenters. The van der Waals surface area contributed by atoms with Crippen LogP contribution in [-0.2, 0) is 20.9 Å². The largest absolute Gasteiger partial charge is 0.469 e. The number of esters is 1. The Morgan fingerprint density at radius 3 is 2.58 bits per heavy atom. The lowest BCUT2D eigenvalue weighted by Gasteiger charge is -2.14. The van der Waals surface area contributed by atoms with Crippen LogP contribution in [0.4, 0.5) is 4.79 Å². The number of carbonyl (C=O) groups excluding carboxylic acids is 2. The number of ether oxygens (including phenoxy) is 2. The molecule has 0 saturated carbocycles. The molecule has 0 aliphatic rings. The fourth-order valence-electron chi connectivity index (χ4n) is 1.36. The number of alkyl carbamates (subject to hydrolysis) is 1. The van der Waals surface area contributed by atoms with Gasteiger partial charge < -0.3 is 14.8 Å². The molecular formula is C13H16INO4. The second-order valence-corrected chi connectivity index (χ2v) is 4.72. The van der Waals surface area contributed by atoms with Crippen molar-refractivity contribution < 1.29 is 19.1 Å². The summed E-state index contributed by atoms with van der Waals surface area (Å²) >= 11 is 2.09. The van der Waals surface area contributed by atoms with Crippen LogP contribution in [0.3, 0.4) is 0 Å². The lowest BCUT2D eigenvalue weighted by molar-refractivity contribution is -0.140. The van der Waals surface area contributed by atoms with Gasteiger partial charge in [0, 0.05) is 4.43 Å². The van der Waals surface area contributed by atoms with E-state index < -0.39 is 6.09 Å². The van der Waals surface area contributed by atoms with Gasteiger partial charge in [0.1, 0.15) is 6.61 Å². The van der Waals surface area contributed by atoms with E-state index in [-0.39, 0.29) is 25.0 Å². The average Bonchev–Trinajstić information content (AvgIpc) is 2.45. The zero-order valence-corrected chi connectivity index (χ0v) is 12.8. The maximum absolute atomic E-state index is 11.6. The van der Waals surface area contributed by atoms with Crippen molar-refractivity contribution in [2.75, 3.05) is 11.5 Å². The van der Waals surface area contributed by atoms with Gasteiger partial charge in [-0.2, -0.15) is 0 Å². The van der Waals surface area contributed by atoms with Crippen LogP contribution in [0.2, 0.25) is 0 Å². The van der Waals surface area contributed by atoms with Crippen molar-refractivity contribution in [3.63, 3.8) is 0 Å². The van der Waals surface area contributed by atoms with Crippen LogP contribution < -0.4 is 5.32 Å². The molecule has 0 unspecified atom stereocenters. The molecule has 0 aliphatic carbocycles. The van der Waals surface area contributed by atoms with E-state index in [2.05, 4.69) is 32.6 Å². The van der Waals surface area contributed by atoms with Crippen LogP contribution in [-0.4, -0.2) is 29.6 Å². The summed E-state index contributed by atoms with van der Waals surface area (Å²) in [6.45, 7) is 0.207. The van der Waals surface area contributed by atoms with Gasteiger partial charge in [-0.15, -0.1) is 0 Å². The monoisotopic (exact) mass is 377 g/mol. The molecule has 0 aromatic heterocycles. The number of amides is 1. The molecule has 1 N–H and O–H groups in total. The van der Waals surface area contributed by atoms with Crippen molar-refractivity contribution >= 4 is 34.7 Å².